The average Bonchev–Trinajstić information content (AvgIpc) is 3.47. The highest BCUT2D eigenvalue weighted by Gasteiger charge is 2.36. The van der Waals surface area contributed by atoms with Gasteiger partial charge in [-0.1, -0.05) is 72.8 Å². The van der Waals surface area contributed by atoms with Gasteiger partial charge in [0.1, 0.15) is 5.75 Å². The Labute approximate surface area is 259 Å². The van der Waals surface area contributed by atoms with E-state index >= 15 is 0 Å². The Morgan fingerprint density at radius 3 is 2.25 bits per heavy atom. The van der Waals surface area contributed by atoms with E-state index in [1.807, 2.05) is 6.07 Å². The van der Waals surface area contributed by atoms with Crippen molar-refractivity contribution in [1.29, 1.82) is 0 Å². The maximum absolute atomic E-state index is 13.5. The fourth-order valence-electron chi connectivity index (χ4n) is 6.76. The van der Waals surface area contributed by atoms with Gasteiger partial charge in [-0.05, 0) is 65.9 Å². The van der Waals surface area contributed by atoms with Crippen LogP contribution in [0.3, 0.4) is 0 Å². The number of hydrogen-bond acceptors (Lipinski definition) is 5. The SMILES string of the molecule is COc1cccc(C(c2ccc3c(c2)CN(C(=O)c2ccccc2C(=O)O)C3)N2C[C@@H](C)N(Cc3ccccc3)C[C@H]2C)c1. The normalized spacial score (nSPS) is 19.4. The lowest BCUT2D eigenvalue weighted by Gasteiger charge is -2.48. The maximum Gasteiger partial charge on any atom is 0.336 e. The molecule has 2 aliphatic heterocycles. The molecule has 1 saturated heterocycles. The van der Waals surface area contributed by atoms with Gasteiger partial charge in [0.05, 0.1) is 24.3 Å². The van der Waals surface area contributed by atoms with Crippen molar-refractivity contribution in [2.24, 2.45) is 0 Å². The van der Waals surface area contributed by atoms with Crippen molar-refractivity contribution in [2.45, 2.75) is 51.6 Å². The van der Waals surface area contributed by atoms with E-state index in [4.69, 9.17) is 4.74 Å². The average molecular weight is 590 g/mol. The molecule has 226 valence electrons. The summed E-state index contributed by atoms with van der Waals surface area (Å²) in [6.07, 6.45) is 0. The summed E-state index contributed by atoms with van der Waals surface area (Å²) in [5, 5.41) is 9.64. The van der Waals surface area contributed by atoms with Crippen LogP contribution in [-0.4, -0.2) is 64.0 Å². The van der Waals surface area contributed by atoms with E-state index in [1.54, 1.807) is 30.2 Å². The van der Waals surface area contributed by atoms with Crippen LogP contribution in [0.15, 0.2) is 97.1 Å². The van der Waals surface area contributed by atoms with E-state index in [0.717, 1.165) is 36.5 Å². The van der Waals surface area contributed by atoms with Crippen molar-refractivity contribution in [3.05, 3.63) is 136 Å². The van der Waals surface area contributed by atoms with Gasteiger partial charge in [-0.3, -0.25) is 14.6 Å². The van der Waals surface area contributed by atoms with Gasteiger partial charge in [0.2, 0.25) is 0 Å². The smallest absolute Gasteiger partial charge is 0.336 e. The summed E-state index contributed by atoms with van der Waals surface area (Å²) < 4.78 is 5.63. The van der Waals surface area contributed by atoms with Crippen LogP contribution in [0.4, 0.5) is 0 Å². The third-order valence-corrected chi connectivity index (χ3v) is 9.08. The molecule has 0 aliphatic carbocycles. The molecule has 1 unspecified atom stereocenters. The number of benzene rings is 4. The summed E-state index contributed by atoms with van der Waals surface area (Å²) in [4.78, 5) is 32.2. The number of carbonyl (C=O) groups is 2. The fourth-order valence-corrected chi connectivity index (χ4v) is 6.76. The van der Waals surface area contributed by atoms with Crippen LogP contribution in [0.5, 0.6) is 5.75 Å². The van der Waals surface area contributed by atoms with E-state index in [-0.39, 0.29) is 23.1 Å². The van der Waals surface area contributed by atoms with Crippen molar-refractivity contribution >= 4 is 11.9 Å². The maximum atomic E-state index is 13.5. The molecule has 44 heavy (non-hydrogen) atoms. The lowest BCUT2D eigenvalue weighted by atomic mass is 9.91. The van der Waals surface area contributed by atoms with Crippen LogP contribution in [-0.2, 0) is 19.6 Å². The Morgan fingerprint density at radius 2 is 1.50 bits per heavy atom. The highest BCUT2D eigenvalue weighted by atomic mass is 16.5. The Balaban J connectivity index is 1.29. The second-order valence-electron chi connectivity index (χ2n) is 12.0. The van der Waals surface area contributed by atoms with Crippen molar-refractivity contribution in [3.8, 4) is 5.75 Å². The minimum absolute atomic E-state index is 0.00390. The number of amides is 1. The summed E-state index contributed by atoms with van der Waals surface area (Å²) in [6, 6.07) is 32.6. The number of carbonyl (C=O) groups excluding carboxylic acids is 1. The van der Waals surface area contributed by atoms with E-state index in [0.29, 0.717) is 25.2 Å². The van der Waals surface area contributed by atoms with E-state index in [2.05, 4.69) is 90.4 Å². The first-order valence-electron chi connectivity index (χ1n) is 15.2. The second kappa shape index (κ2) is 12.6. The molecule has 2 aliphatic rings. The lowest BCUT2D eigenvalue weighted by Crippen LogP contribution is -2.56. The predicted octanol–water partition coefficient (Wildman–Crippen LogP) is 6.23. The van der Waals surface area contributed by atoms with Crippen molar-refractivity contribution in [3.63, 3.8) is 0 Å². The van der Waals surface area contributed by atoms with Gasteiger partial charge in [0.15, 0.2) is 0 Å². The summed E-state index contributed by atoms with van der Waals surface area (Å²) >= 11 is 0. The van der Waals surface area contributed by atoms with Crippen LogP contribution in [0, 0.1) is 0 Å². The molecule has 6 rings (SSSR count). The Morgan fingerprint density at radius 1 is 0.795 bits per heavy atom. The standard InChI is InChI=1S/C37H39N3O4/c1-25-21-40(26(2)20-38(25)22-27-10-5-4-6-11-27)35(28-12-9-13-32(19-28)44-3)29-16-17-30-23-39(24-31(30)18-29)36(41)33-14-7-8-15-34(33)37(42)43/h4-19,25-26,35H,20-24H2,1-3H3,(H,42,43)/t25-,26-,35?/m1/s1. The monoisotopic (exact) mass is 589 g/mol. The van der Waals surface area contributed by atoms with Gasteiger partial charge in [0.25, 0.3) is 5.91 Å². The molecular formula is C37H39N3O4. The number of carboxylic acids is 1. The summed E-state index contributed by atoms with van der Waals surface area (Å²) in [6.45, 7) is 8.31. The molecule has 4 aromatic carbocycles. The van der Waals surface area contributed by atoms with Gasteiger partial charge in [-0.25, -0.2) is 4.79 Å². The quantitative estimate of drug-likeness (QED) is 0.263. The molecule has 0 bridgehead atoms. The molecule has 0 aromatic heterocycles. The van der Waals surface area contributed by atoms with Crippen LogP contribution in [0.1, 0.15) is 68.4 Å². The molecule has 0 saturated carbocycles. The number of methoxy groups -OCH3 is 1. The first-order valence-corrected chi connectivity index (χ1v) is 15.2. The number of aromatic carboxylic acids is 1. The third kappa shape index (κ3) is 5.98. The molecule has 1 N–H and O–H groups in total. The predicted molar refractivity (Wildman–Crippen MR) is 171 cm³/mol. The fraction of sp³-hybridized carbons (Fsp3) is 0.297. The van der Waals surface area contributed by atoms with Gasteiger partial charge in [0, 0.05) is 44.8 Å². The zero-order valence-corrected chi connectivity index (χ0v) is 25.5. The van der Waals surface area contributed by atoms with Crippen LogP contribution in [0.2, 0.25) is 0 Å². The molecule has 0 radical (unpaired) electrons. The number of fused-ring (bicyclic) bond motifs is 1. The number of carboxylic acid groups (broad SMARTS) is 1. The van der Waals surface area contributed by atoms with E-state index < -0.39 is 5.97 Å². The molecule has 2 heterocycles. The third-order valence-electron chi connectivity index (χ3n) is 9.08. The van der Waals surface area contributed by atoms with Crippen molar-refractivity contribution < 1.29 is 19.4 Å². The van der Waals surface area contributed by atoms with E-state index in [9.17, 15) is 14.7 Å². The Kier molecular flexibility index (Phi) is 8.51. The Bertz CT molecular complexity index is 1660. The van der Waals surface area contributed by atoms with Crippen molar-refractivity contribution in [1.82, 2.24) is 14.7 Å². The number of ether oxygens (including phenoxy) is 1. The van der Waals surface area contributed by atoms with Crippen LogP contribution in [0.25, 0.3) is 0 Å². The highest BCUT2D eigenvalue weighted by Crippen LogP contribution is 2.37. The molecule has 7 nitrogen and oxygen atoms in total. The summed E-state index contributed by atoms with van der Waals surface area (Å²) in [5.74, 6) is -0.533. The molecule has 1 fully saturated rings. The number of nitrogens with zero attached hydrogens (tertiary/aromatic N) is 3. The largest absolute Gasteiger partial charge is 0.497 e. The summed E-state index contributed by atoms with van der Waals surface area (Å²) in [7, 11) is 1.70. The molecule has 4 aromatic rings. The number of piperazine rings is 1. The second-order valence-corrected chi connectivity index (χ2v) is 12.0. The number of rotatable bonds is 8. The molecule has 0 spiro atoms. The minimum atomic E-state index is -1.10. The van der Waals surface area contributed by atoms with Gasteiger partial charge >= 0.3 is 5.97 Å². The van der Waals surface area contributed by atoms with E-state index in [1.165, 1.54) is 22.8 Å². The summed E-state index contributed by atoms with van der Waals surface area (Å²) in [5.41, 5.74) is 6.11. The molecule has 1 amide bonds. The van der Waals surface area contributed by atoms with Crippen molar-refractivity contribution in [2.75, 3.05) is 20.2 Å². The van der Waals surface area contributed by atoms with Gasteiger partial charge in [-0.2, -0.15) is 0 Å². The zero-order valence-electron chi connectivity index (χ0n) is 25.5. The first-order chi connectivity index (χ1) is 21.3. The Hall–Kier alpha value is -4.46. The van der Waals surface area contributed by atoms with Gasteiger partial charge in [-0.15, -0.1) is 0 Å². The number of hydrogen-bond donors (Lipinski definition) is 1. The van der Waals surface area contributed by atoms with Crippen LogP contribution < -0.4 is 4.74 Å². The first kappa shape index (κ1) is 29.6. The van der Waals surface area contributed by atoms with Crippen LogP contribution >= 0.6 is 0 Å². The topological polar surface area (TPSA) is 73.3 Å². The molecular weight excluding hydrogens is 550 g/mol. The zero-order chi connectivity index (χ0) is 30.8. The van der Waals surface area contributed by atoms with Gasteiger partial charge < -0.3 is 14.7 Å². The minimum Gasteiger partial charge on any atom is -0.497 e. The molecule has 3 atom stereocenters. The highest BCUT2D eigenvalue weighted by molar-refractivity contribution is 6.04. The molecule has 7 heteroatoms. The lowest BCUT2D eigenvalue weighted by molar-refractivity contribution is 0.0195.